The topological polar surface area (TPSA) is 95.5 Å². The second-order valence-corrected chi connectivity index (χ2v) is 4.08. The van der Waals surface area contributed by atoms with Gasteiger partial charge in [-0.3, -0.25) is 9.59 Å². The van der Waals surface area contributed by atoms with Gasteiger partial charge in [0.05, 0.1) is 11.5 Å². The maximum Gasteiger partial charge on any atom is 0.335 e. The zero-order valence-electron chi connectivity index (χ0n) is 9.47. The Balaban J connectivity index is 1.99. The highest BCUT2D eigenvalue weighted by atomic mass is 16.4. The smallest absolute Gasteiger partial charge is 0.335 e. The van der Waals surface area contributed by atoms with Crippen molar-refractivity contribution < 1.29 is 19.5 Å². The molecule has 0 aromatic heterocycles. The predicted octanol–water partition coefficient (Wildman–Crippen LogP) is 0.459. The molecular formula is C12H12N2O4. The summed E-state index contributed by atoms with van der Waals surface area (Å²) in [5.74, 6) is -1.75. The van der Waals surface area contributed by atoms with Gasteiger partial charge in [0.25, 0.3) is 0 Å². The van der Waals surface area contributed by atoms with Crippen LogP contribution in [0.15, 0.2) is 24.3 Å². The number of carbonyl (C=O) groups is 3. The van der Waals surface area contributed by atoms with E-state index in [9.17, 15) is 14.4 Å². The van der Waals surface area contributed by atoms with Crippen LogP contribution >= 0.6 is 0 Å². The molecule has 1 aliphatic rings. The molecule has 2 rings (SSSR count). The molecule has 18 heavy (non-hydrogen) atoms. The fourth-order valence-electron chi connectivity index (χ4n) is 1.73. The predicted molar refractivity (Wildman–Crippen MR) is 63.1 cm³/mol. The highest BCUT2D eigenvalue weighted by Gasteiger charge is 2.27. The summed E-state index contributed by atoms with van der Waals surface area (Å²) in [6.07, 6.45) is 0.193. The van der Waals surface area contributed by atoms with Gasteiger partial charge in [-0.25, -0.2) is 4.79 Å². The summed E-state index contributed by atoms with van der Waals surface area (Å²) in [6.45, 7) is 0.345. The molecule has 6 heteroatoms. The van der Waals surface area contributed by atoms with Gasteiger partial charge in [0.1, 0.15) is 0 Å². The van der Waals surface area contributed by atoms with Gasteiger partial charge in [0.2, 0.25) is 11.8 Å². The normalized spacial score (nSPS) is 18.2. The first kappa shape index (κ1) is 12.1. The van der Waals surface area contributed by atoms with Crippen LogP contribution in [-0.4, -0.2) is 29.4 Å². The van der Waals surface area contributed by atoms with E-state index in [0.29, 0.717) is 12.2 Å². The molecule has 1 saturated heterocycles. The summed E-state index contributed by atoms with van der Waals surface area (Å²) in [5.41, 5.74) is 0.676. The van der Waals surface area contributed by atoms with E-state index in [1.165, 1.54) is 24.3 Å². The molecule has 1 atom stereocenters. The average molecular weight is 248 g/mol. The molecule has 0 radical (unpaired) electrons. The maximum absolute atomic E-state index is 11.8. The number of rotatable bonds is 3. The van der Waals surface area contributed by atoms with Gasteiger partial charge < -0.3 is 15.7 Å². The fraction of sp³-hybridized carbons (Fsp3) is 0.250. The molecule has 6 nitrogen and oxygen atoms in total. The minimum atomic E-state index is -1.02. The van der Waals surface area contributed by atoms with E-state index in [4.69, 9.17) is 5.11 Å². The van der Waals surface area contributed by atoms with Crippen LogP contribution in [0.3, 0.4) is 0 Å². The molecular weight excluding hydrogens is 236 g/mol. The Morgan fingerprint density at radius 1 is 1.28 bits per heavy atom. The number of carbonyl (C=O) groups excluding carboxylic acids is 2. The second-order valence-electron chi connectivity index (χ2n) is 4.08. The van der Waals surface area contributed by atoms with Crippen LogP contribution < -0.4 is 10.6 Å². The lowest BCUT2D eigenvalue weighted by molar-refractivity contribution is -0.123. The van der Waals surface area contributed by atoms with Crippen molar-refractivity contribution in [1.29, 1.82) is 0 Å². The first-order valence-corrected chi connectivity index (χ1v) is 5.47. The van der Waals surface area contributed by atoms with Crippen molar-refractivity contribution in [3.63, 3.8) is 0 Å². The standard InChI is InChI=1S/C12H12N2O4/c15-10-5-8(6-13-10)11(16)14-9-3-1-7(2-4-9)12(17)18/h1-4,8H,5-6H2,(H,13,15)(H,14,16)(H,17,18). The molecule has 94 valence electrons. The van der Waals surface area contributed by atoms with E-state index in [1.807, 2.05) is 0 Å². The maximum atomic E-state index is 11.8. The highest BCUT2D eigenvalue weighted by molar-refractivity contribution is 5.97. The molecule has 0 saturated carbocycles. The monoisotopic (exact) mass is 248 g/mol. The third kappa shape index (κ3) is 2.65. The van der Waals surface area contributed by atoms with Crippen molar-refractivity contribution in [2.75, 3.05) is 11.9 Å². The lowest BCUT2D eigenvalue weighted by atomic mass is 10.1. The summed E-state index contributed by atoms with van der Waals surface area (Å²) in [4.78, 5) is 33.4. The zero-order valence-corrected chi connectivity index (χ0v) is 9.47. The molecule has 0 aliphatic carbocycles. The molecule has 2 amide bonds. The molecule has 0 bridgehead atoms. The number of carboxylic acid groups (broad SMARTS) is 1. The SMILES string of the molecule is O=C1CC(C(=O)Nc2ccc(C(=O)O)cc2)CN1. The van der Waals surface area contributed by atoms with Gasteiger partial charge in [0, 0.05) is 18.7 Å². The molecule has 1 aromatic rings. The molecule has 1 heterocycles. The summed E-state index contributed by atoms with van der Waals surface area (Å²) >= 11 is 0. The van der Waals surface area contributed by atoms with Crippen molar-refractivity contribution >= 4 is 23.5 Å². The van der Waals surface area contributed by atoms with Crippen LogP contribution in [0.25, 0.3) is 0 Å². The minimum Gasteiger partial charge on any atom is -0.478 e. The van der Waals surface area contributed by atoms with Gasteiger partial charge in [-0.2, -0.15) is 0 Å². The van der Waals surface area contributed by atoms with Gasteiger partial charge in [-0.05, 0) is 24.3 Å². The largest absolute Gasteiger partial charge is 0.478 e. The first-order valence-electron chi connectivity index (χ1n) is 5.47. The Morgan fingerprint density at radius 3 is 2.44 bits per heavy atom. The Kier molecular flexibility index (Phi) is 3.27. The lowest BCUT2D eigenvalue weighted by Crippen LogP contribution is -2.24. The second kappa shape index (κ2) is 4.87. The third-order valence-electron chi connectivity index (χ3n) is 2.75. The molecule has 1 unspecified atom stereocenters. The van der Waals surface area contributed by atoms with Crippen LogP contribution in [0, 0.1) is 5.92 Å². The third-order valence-corrected chi connectivity index (χ3v) is 2.75. The van der Waals surface area contributed by atoms with Crippen molar-refractivity contribution in [1.82, 2.24) is 5.32 Å². The minimum absolute atomic E-state index is 0.128. The highest BCUT2D eigenvalue weighted by Crippen LogP contribution is 2.14. The molecule has 3 N–H and O–H groups in total. The van der Waals surface area contributed by atoms with Crippen LogP contribution in [-0.2, 0) is 9.59 Å². The van der Waals surface area contributed by atoms with E-state index in [2.05, 4.69) is 10.6 Å². The van der Waals surface area contributed by atoms with E-state index in [-0.39, 0.29) is 29.7 Å². The van der Waals surface area contributed by atoms with Crippen LogP contribution in [0.1, 0.15) is 16.8 Å². The number of hydrogen-bond acceptors (Lipinski definition) is 3. The van der Waals surface area contributed by atoms with Crippen molar-refractivity contribution in [3.05, 3.63) is 29.8 Å². The number of benzene rings is 1. The van der Waals surface area contributed by atoms with E-state index in [1.54, 1.807) is 0 Å². The van der Waals surface area contributed by atoms with Gasteiger partial charge in [0.15, 0.2) is 0 Å². The Morgan fingerprint density at radius 2 is 1.94 bits per heavy atom. The quantitative estimate of drug-likeness (QED) is 0.724. The number of nitrogens with one attached hydrogen (secondary N) is 2. The zero-order chi connectivity index (χ0) is 13.1. The van der Waals surface area contributed by atoms with Gasteiger partial charge in [-0.1, -0.05) is 0 Å². The molecule has 0 spiro atoms. The number of aromatic carboxylic acids is 1. The lowest BCUT2D eigenvalue weighted by Gasteiger charge is -2.09. The summed E-state index contributed by atoms with van der Waals surface area (Å²) in [7, 11) is 0. The van der Waals surface area contributed by atoms with Crippen LogP contribution in [0.2, 0.25) is 0 Å². The summed E-state index contributed by atoms with van der Waals surface area (Å²) in [5, 5.41) is 14.0. The molecule has 1 aromatic carbocycles. The molecule has 1 fully saturated rings. The fourth-order valence-corrected chi connectivity index (χ4v) is 1.73. The summed E-state index contributed by atoms with van der Waals surface area (Å²) < 4.78 is 0. The number of hydrogen-bond donors (Lipinski definition) is 3. The summed E-state index contributed by atoms with van der Waals surface area (Å²) in [6, 6.07) is 5.86. The Bertz CT molecular complexity index is 495. The van der Waals surface area contributed by atoms with E-state index >= 15 is 0 Å². The number of carboxylic acids is 1. The van der Waals surface area contributed by atoms with E-state index in [0.717, 1.165) is 0 Å². The van der Waals surface area contributed by atoms with Gasteiger partial charge >= 0.3 is 5.97 Å². The van der Waals surface area contributed by atoms with Crippen LogP contribution in [0.5, 0.6) is 0 Å². The van der Waals surface area contributed by atoms with Crippen molar-refractivity contribution in [2.24, 2.45) is 5.92 Å². The number of anilines is 1. The Hall–Kier alpha value is -2.37. The van der Waals surface area contributed by atoms with Crippen molar-refractivity contribution in [2.45, 2.75) is 6.42 Å². The molecule has 1 aliphatic heterocycles. The van der Waals surface area contributed by atoms with E-state index < -0.39 is 5.97 Å². The Labute approximate surface area is 103 Å². The number of amides is 2. The first-order chi connectivity index (χ1) is 8.56. The van der Waals surface area contributed by atoms with Gasteiger partial charge in [-0.15, -0.1) is 0 Å². The van der Waals surface area contributed by atoms with Crippen molar-refractivity contribution in [3.8, 4) is 0 Å². The van der Waals surface area contributed by atoms with Crippen LogP contribution in [0.4, 0.5) is 5.69 Å². The average Bonchev–Trinajstić information content (AvgIpc) is 2.76.